The first kappa shape index (κ1) is 13.3. The van der Waals surface area contributed by atoms with Crippen molar-refractivity contribution in [3.63, 3.8) is 0 Å². The van der Waals surface area contributed by atoms with Gasteiger partial charge in [-0.05, 0) is 38.6 Å². The molecule has 0 radical (unpaired) electrons. The van der Waals surface area contributed by atoms with Gasteiger partial charge in [-0.2, -0.15) is 0 Å². The molecule has 3 fully saturated rings. The second-order valence-corrected chi connectivity index (χ2v) is 6.32. The third kappa shape index (κ3) is 3.09. The molecule has 3 rings (SSSR count). The van der Waals surface area contributed by atoms with Crippen LogP contribution in [0.4, 0.5) is 0 Å². The molecule has 5 heteroatoms. The molecule has 3 aliphatic rings. The van der Waals surface area contributed by atoms with Gasteiger partial charge in [0.25, 0.3) is 0 Å². The van der Waals surface area contributed by atoms with E-state index in [-0.39, 0.29) is 5.91 Å². The summed E-state index contributed by atoms with van der Waals surface area (Å²) in [4.78, 5) is 15.7. The van der Waals surface area contributed by atoms with Crippen LogP contribution in [0.25, 0.3) is 0 Å². The molecule has 0 aromatic carbocycles. The summed E-state index contributed by atoms with van der Waals surface area (Å²) in [5.74, 6) is -0.205. The van der Waals surface area contributed by atoms with E-state index in [4.69, 9.17) is 5.73 Å². The lowest BCUT2D eigenvalue weighted by molar-refractivity contribution is -0.119. The minimum Gasteiger partial charge on any atom is -0.369 e. The number of nitrogens with one attached hydrogen (secondary N) is 1. The van der Waals surface area contributed by atoms with Crippen LogP contribution in [0.1, 0.15) is 32.1 Å². The molecule has 0 aromatic heterocycles. The maximum atomic E-state index is 10.9. The number of nitrogens with zero attached hydrogens (tertiary/aromatic N) is 2. The number of primary amides is 1. The molecule has 2 atom stereocenters. The highest BCUT2D eigenvalue weighted by Gasteiger charge is 2.38. The molecular weight excluding hydrogens is 240 g/mol. The molecule has 0 bridgehead atoms. The van der Waals surface area contributed by atoms with Gasteiger partial charge in [-0.3, -0.25) is 14.6 Å². The Morgan fingerprint density at radius 1 is 1.11 bits per heavy atom. The van der Waals surface area contributed by atoms with Crippen molar-refractivity contribution in [2.75, 3.05) is 32.7 Å². The topological polar surface area (TPSA) is 61.6 Å². The van der Waals surface area contributed by atoms with Crippen LogP contribution in [0.3, 0.4) is 0 Å². The van der Waals surface area contributed by atoms with Gasteiger partial charge in [0, 0.05) is 37.8 Å². The lowest BCUT2D eigenvalue weighted by Crippen LogP contribution is -2.50. The van der Waals surface area contributed by atoms with Crippen molar-refractivity contribution >= 4 is 5.91 Å². The number of piperidine rings is 1. The first-order valence-electron chi connectivity index (χ1n) is 7.73. The van der Waals surface area contributed by atoms with Crippen LogP contribution >= 0.6 is 0 Å². The van der Waals surface area contributed by atoms with Gasteiger partial charge in [-0.15, -0.1) is 0 Å². The predicted molar refractivity (Wildman–Crippen MR) is 74.8 cm³/mol. The molecule has 0 aliphatic carbocycles. The van der Waals surface area contributed by atoms with Crippen molar-refractivity contribution in [2.45, 2.75) is 50.2 Å². The van der Waals surface area contributed by atoms with Crippen molar-refractivity contribution in [3.8, 4) is 0 Å². The average Bonchev–Trinajstić information content (AvgIpc) is 2.96. The molecule has 5 nitrogen and oxygen atoms in total. The van der Waals surface area contributed by atoms with E-state index in [2.05, 4.69) is 15.1 Å². The summed E-state index contributed by atoms with van der Waals surface area (Å²) in [6, 6.07) is 2.13. The molecule has 3 saturated heterocycles. The van der Waals surface area contributed by atoms with Gasteiger partial charge in [0.05, 0.1) is 6.54 Å². The summed E-state index contributed by atoms with van der Waals surface area (Å²) < 4.78 is 0. The van der Waals surface area contributed by atoms with Crippen molar-refractivity contribution in [1.82, 2.24) is 15.1 Å². The van der Waals surface area contributed by atoms with Crippen LogP contribution in [0, 0.1) is 0 Å². The quantitative estimate of drug-likeness (QED) is 0.737. The van der Waals surface area contributed by atoms with Gasteiger partial charge < -0.3 is 11.1 Å². The molecule has 0 aromatic rings. The van der Waals surface area contributed by atoms with E-state index in [1.54, 1.807) is 0 Å². The van der Waals surface area contributed by atoms with Gasteiger partial charge >= 0.3 is 0 Å². The normalized spacial score (nSPS) is 33.7. The molecule has 0 saturated carbocycles. The Bertz CT molecular complexity index is 327. The average molecular weight is 266 g/mol. The zero-order chi connectivity index (χ0) is 13.2. The van der Waals surface area contributed by atoms with Crippen LogP contribution in [0.5, 0.6) is 0 Å². The Kier molecular flexibility index (Phi) is 4.05. The Morgan fingerprint density at radius 2 is 1.89 bits per heavy atom. The summed E-state index contributed by atoms with van der Waals surface area (Å²) in [6.45, 7) is 5.01. The minimum absolute atomic E-state index is 0.205. The molecule has 3 heterocycles. The van der Waals surface area contributed by atoms with Crippen LogP contribution < -0.4 is 11.1 Å². The number of hydrogen-bond donors (Lipinski definition) is 2. The third-order valence-electron chi connectivity index (χ3n) is 5.02. The molecular formula is C14H26N4O. The van der Waals surface area contributed by atoms with Crippen molar-refractivity contribution < 1.29 is 4.79 Å². The Labute approximate surface area is 115 Å². The zero-order valence-electron chi connectivity index (χ0n) is 11.7. The Balaban J connectivity index is 1.43. The largest absolute Gasteiger partial charge is 0.369 e. The maximum absolute atomic E-state index is 10.9. The van der Waals surface area contributed by atoms with E-state index in [9.17, 15) is 4.79 Å². The highest BCUT2D eigenvalue weighted by molar-refractivity contribution is 5.75. The summed E-state index contributed by atoms with van der Waals surface area (Å²) in [5.41, 5.74) is 5.25. The molecule has 1 amide bonds. The number of carbonyl (C=O) groups is 1. The lowest BCUT2D eigenvalue weighted by atomic mass is 10.0. The first-order chi connectivity index (χ1) is 9.22. The number of nitrogens with two attached hydrogens (primary N) is 1. The van der Waals surface area contributed by atoms with E-state index in [0.29, 0.717) is 18.6 Å². The Morgan fingerprint density at radius 3 is 2.63 bits per heavy atom. The van der Waals surface area contributed by atoms with Gasteiger partial charge in [0.15, 0.2) is 0 Å². The second-order valence-electron chi connectivity index (χ2n) is 6.32. The standard InChI is InChI=1S/C14H26N4O/c15-14(19)10-17-7-3-11(4-8-17)16-12-5-9-18-6-1-2-13(12)18/h11-13,16H,1-10H2,(H2,15,19). The van der Waals surface area contributed by atoms with Crippen molar-refractivity contribution in [2.24, 2.45) is 5.73 Å². The SMILES string of the molecule is NC(=O)CN1CCC(NC2CCN3CCCC23)CC1. The molecule has 3 aliphatic heterocycles. The van der Waals surface area contributed by atoms with Gasteiger partial charge in [-0.1, -0.05) is 0 Å². The maximum Gasteiger partial charge on any atom is 0.231 e. The van der Waals surface area contributed by atoms with Gasteiger partial charge in [0.2, 0.25) is 5.91 Å². The van der Waals surface area contributed by atoms with E-state index in [0.717, 1.165) is 32.0 Å². The van der Waals surface area contributed by atoms with E-state index >= 15 is 0 Å². The monoisotopic (exact) mass is 266 g/mol. The number of amides is 1. The lowest BCUT2D eigenvalue weighted by Gasteiger charge is -2.34. The molecule has 108 valence electrons. The van der Waals surface area contributed by atoms with Crippen molar-refractivity contribution in [3.05, 3.63) is 0 Å². The van der Waals surface area contributed by atoms with E-state index < -0.39 is 0 Å². The summed E-state index contributed by atoms with van der Waals surface area (Å²) in [6.07, 6.45) is 6.36. The number of carbonyl (C=O) groups excluding carboxylic acids is 1. The number of hydrogen-bond acceptors (Lipinski definition) is 4. The fourth-order valence-corrected chi connectivity index (χ4v) is 4.06. The van der Waals surface area contributed by atoms with E-state index in [1.807, 2.05) is 0 Å². The molecule has 3 N–H and O–H groups in total. The van der Waals surface area contributed by atoms with Gasteiger partial charge in [-0.25, -0.2) is 0 Å². The number of fused-ring (bicyclic) bond motifs is 1. The summed E-state index contributed by atoms with van der Waals surface area (Å²) in [5, 5.41) is 3.88. The fourth-order valence-electron chi connectivity index (χ4n) is 4.06. The summed E-state index contributed by atoms with van der Waals surface area (Å²) in [7, 11) is 0. The highest BCUT2D eigenvalue weighted by Crippen LogP contribution is 2.28. The smallest absolute Gasteiger partial charge is 0.231 e. The molecule has 19 heavy (non-hydrogen) atoms. The first-order valence-corrected chi connectivity index (χ1v) is 7.73. The van der Waals surface area contributed by atoms with Crippen LogP contribution in [0.15, 0.2) is 0 Å². The molecule has 2 unspecified atom stereocenters. The second kappa shape index (κ2) is 5.77. The third-order valence-corrected chi connectivity index (χ3v) is 5.02. The minimum atomic E-state index is -0.205. The van der Waals surface area contributed by atoms with Crippen LogP contribution in [-0.4, -0.2) is 66.6 Å². The van der Waals surface area contributed by atoms with Crippen molar-refractivity contribution in [1.29, 1.82) is 0 Å². The predicted octanol–water partition coefficient (Wildman–Crippen LogP) is -0.238. The number of rotatable bonds is 4. The number of likely N-dealkylation sites (tertiary alicyclic amines) is 1. The Hall–Kier alpha value is -0.650. The van der Waals surface area contributed by atoms with Crippen LogP contribution in [0.2, 0.25) is 0 Å². The van der Waals surface area contributed by atoms with Crippen LogP contribution in [-0.2, 0) is 4.79 Å². The van der Waals surface area contributed by atoms with E-state index in [1.165, 1.54) is 32.4 Å². The zero-order valence-corrected chi connectivity index (χ0v) is 11.7. The highest BCUT2D eigenvalue weighted by atomic mass is 16.1. The fraction of sp³-hybridized carbons (Fsp3) is 0.929. The molecule has 0 spiro atoms. The summed E-state index contributed by atoms with van der Waals surface area (Å²) >= 11 is 0. The van der Waals surface area contributed by atoms with Gasteiger partial charge in [0.1, 0.15) is 0 Å².